The lowest BCUT2D eigenvalue weighted by Crippen LogP contribution is -2.15. The topological polar surface area (TPSA) is 29.5 Å². The number of aryl methyl sites for hydroxylation is 1. The van der Waals surface area contributed by atoms with E-state index in [1.165, 1.54) is 5.56 Å². The third kappa shape index (κ3) is 4.00. The van der Waals surface area contributed by atoms with Crippen LogP contribution in [-0.2, 0) is 17.9 Å². The van der Waals surface area contributed by atoms with E-state index in [0.717, 1.165) is 21.7 Å². The predicted molar refractivity (Wildman–Crippen MR) is 115 cm³/mol. The van der Waals surface area contributed by atoms with E-state index < -0.39 is 0 Å². The van der Waals surface area contributed by atoms with Gasteiger partial charge in [0.25, 0.3) is 0 Å². The summed E-state index contributed by atoms with van der Waals surface area (Å²) < 4.78 is 7.23. The second-order valence-electron chi connectivity index (χ2n) is 6.56. The molecule has 0 amide bonds. The lowest BCUT2D eigenvalue weighted by molar-refractivity contribution is 0.0535. The predicted octanol–water partition coefficient (Wildman–Crippen LogP) is 6.69. The molecular weight excluding hydrogens is 413 g/mol. The van der Waals surface area contributed by atoms with Gasteiger partial charge in [0, 0.05) is 31.8 Å². The zero-order chi connectivity index (χ0) is 19.7. The third-order valence-corrected chi connectivity index (χ3v) is 6.26. The van der Waals surface area contributed by atoms with Crippen molar-refractivity contribution >= 4 is 46.8 Å². The SMILES string of the molecule is Cc1cccc(SN(Cc2c(Cl)cccc2Cl)c2ccc3c(c2)C(=O)OC3)c1. The number of hydrogen-bond donors (Lipinski definition) is 0. The molecule has 0 bridgehead atoms. The number of fused-ring (bicyclic) bond motifs is 1. The van der Waals surface area contributed by atoms with Crippen molar-refractivity contribution in [2.75, 3.05) is 4.31 Å². The number of nitrogens with zero attached hydrogens (tertiary/aromatic N) is 1. The van der Waals surface area contributed by atoms with Gasteiger partial charge in [-0.05, 0) is 60.8 Å². The number of benzene rings is 3. The molecule has 0 saturated heterocycles. The second-order valence-corrected chi connectivity index (χ2v) is 8.47. The van der Waals surface area contributed by atoms with Crippen LogP contribution in [0.4, 0.5) is 5.69 Å². The highest BCUT2D eigenvalue weighted by Gasteiger charge is 2.23. The summed E-state index contributed by atoms with van der Waals surface area (Å²) in [6, 6.07) is 19.6. The monoisotopic (exact) mass is 429 g/mol. The smallest absolute Gasteiger partial charge is 0.338 e. The first-order valence-electron chi connectivity index (χ1n) is 8.76. The maximum absolute atomic E-state index is 12.0. The molecule has 0 fully saturated rings. The number of rotatable bonds is 5. The van der Waals surface area contributed by atoms with Crippen molar-refractivity contribution in [3.63, 3.8) is 0 Å². The molecule has 0 unspecified atom stereocenters. The van der Waals surface area contributed by atoms with Gasteiger partial charge in [0.05, 0.1) is 12.1 Å². The van der Waals surface area contributed by atoms with Crippen LogP contribution in [0.2, 0.25) is 10.0 Å². The standard InChI is InChI=1S/C22H17Cl2NO2S/c1-14-4-2-5-17(10-14)28-25(12-19-20(23)6-3-7-21(19)24)16-9-8-15-13-27-22(26)18(15)11-16/h2-11H,12-13H2,1H3. The second kappa shape index (κ2) is 8.08. The molecule has 1 heterocycles. The van der Waals surface area contributed by atoms with Crippen molar-refractivity contribution in [1.82, 2.24) is 0 Å². The summed E-state index contributed by atoms with van der Waals surface area (Å²) in [6.07, 6.45) is 0. The minimum absolute atomic E-state index is 0.284. The van der Waals surface area contributed by atoms with Gasteiger partial charge in [0.1, 0.15) is 6.61 Å². The first-order chi connectivity index (χ1) is 13.5. The number of ether oxygens (including phenoxy) is 1. The largest absolute Gasteiger partial charge is 0.457 e. The Hall–Kier alpha value is -2.14. The zero-order valence-corrected chi connectivity index (χ0v) is 17.4. The van der Waals surface area contributed by atoms with Crippen LogP contribution in [0.1, 0.15) is 27.0 Å². The van der Waals surface area contributed by atoms with Gasteiger partial charge in [-0.25, -0.2) is 4.79 Å². The van der Waals surface area contributed by atoms with Crippen molar-refractivity contribution in [3.05, 3.63) is 93.0 Å². The fourth-order valence-electron chi connectivity index (χ4n) is 3.06. The lowest BCUT2D eigenvalue weighted by Gasteiger charge is -2.25. The van der Waals surface area contributed by atoms with Crippen molar-refractivity contribution in [2.24, 2.45) is 0 Å². The Bertz CT molecular complexity index is 1030. The van der Waals surface area contributed by atoms with Gasteiger partial charge in [-0.2, -0.15) is 0 Å². The minimum Gasteiger partial charge on any atom is -0.457 e. The zero-order valence-electron chi connectivity index (χ0n) is 15.1. The van der Waals surface area contributed by atoms with Crippen LogP contribution in [0.3, 0.4) is 0 Å². The molecule has 3 nitrogen and oxygen atoms in total. The molecule has 1 aliphatic heterocycles. The summed E-state index contributed by atoms with van der Waals surface area (Å²) >= 11 is 14.4. The van der Waals surface area contributed by atoms with Gasteiger partial charge < -0.3 is 9.04 Å². The highest BCUT2D eigenvalue weighted by atomic mass is 35.5. The minimum atomic E-state index is -0.284. The van der Waals surface area contributed by atoms with Gasteiger partial charge in [-0.3, -0.25) is 0 Å². The third-order valence-electron chi connectivity index (χ3n) is 4.53. The summed E-state index contributed by atoms with van der Waals surface area (Å²) in [5.74, 6) is -0.284. The van der Waals surface area contributed by atoms with E-state index in [1.54, 1.807) is 11.9 Å². The normalized spacial score (nSPS) is 12.6. The lowest BCUT2D eigenvalue weighted by atomic mass is 10.1. The van der Waals surface area contributed by atoms with Crippen LogP contribution in [0.15, 0.2) is 65.6 Å². The van der Waals surface area contributed by atoms with E-state index in [-0.39, 0.29) is 5.97 Å². The number of hydrogen-bond acceptors (Lipinski definition) is 4. The Balaban J connectivity index is 1.73. The summed E-state index contributed by atoms with van der Waals surface area (Å²) in [7, 11) is 0. The van der Waals surface area contributed by atoms with E-state index in [4.69, 9.17) is 27.9 Å². The Morgan fingerprint density at radius 3 is 2.54 bits per heavy atom. The van der Waals surface area contributed by atoms with Crippen LogP contribution < -0.4 is 4.31 Å². The van der Waals surface area contributed by atoms with Crippen molar-refractivity contribution in [3.8, 4) is 0 Å². The van der Waals surface area contributed by atoms with Crippen LogP contribution in [-0.4, -0.2) is 5.97 Å². The van der Waals surface area contributed by atoms with E-state index in [0.29, 0.717) is 28.8 Å². The van der Waals surface area contributed by atoms with Crippen LogP contribution >= 0.6 is 35.1 Å². The van der Waals surface area contributed by atoms with E-state index >= 15 is 0 Å². The number of carbonyl (C=O) groups is 1. The molecule has 4 rings (SSSR count). The maximum atomic E-state index is 12.0. The van der Waals surface area contributed by atoms with Crippen molar-refractivity contribution < 1.29 is 9.53 Å². The van der Waals surface area contributed by atoms with E-state index in [9.17, 15) is 4.79 Å². The Labute approximate surface area is 178 Å². The summed E-state index contributed by atoms with van der Waals surface area (Å²) in [5.41, 5.74) is 4.43. The molecule has 0 aliphatic carbocycles. The molecule has 6 heteroatoms. The molecule has 1 aliphatic rings. The van der Waals surface area contributed by atoms with E-state index in [2.05, 4.69) is 29.4 Å². The van der Waals surface area contributed by atoms with E-state index in [1.807, 2.05) is 42.5 Å². The molecule has 0 atom stereocenters. The number of halogens is 2. The Morgan fingerprint density at radius 1 is 1.04 bits per heavy atom. The fourth-order valence-corrected chi connectivity index (χ4v) is 4.62. The number of carbonyl (C=O) groups excluding carboxylic acids is 1. The van der Waals surface area contributed by atoms with Crippen molar-refractivity contribution in [1.29, 1.82) is 0 Å². The molecule has 142 valence electrons. The number of anilines is 1. The van der Waals surface area contributed by atoms with Gasteiger partial charge in [0.2, 0.25) is 0 Å². The molecule has 0 N–H and O–H groups in total. The van der Waals surface area contributed by atoms with Crippen LogP contribution in [0.25, 0.3) is 0 Å². The first kappa shape index (κ1) is 19.2. The average molecular weight is 430 g/mol. The first-order valence-corrected chi connectivity index (χ1v) is 10.3. The van der Waals surface area contributed by atoms with Gasteiger partial charge >= 0.3 is 5.97 Å². The number of esters is 1. The summed E-state index contributed by atoms with van der Waals surface area (Å²) in [5, 5.41) is 1.23. The molecule has 0 radical (unpaired) electrons. The molecular formula is C22H17Cl2NO2S. The summed E-state index contributed by atoms with van der Waals surface area (Å²) in [6.45, 7) is 2.88. The van der Waals surface area contributed by atoms with Crippen molar-refractivity contribution in [2.45, 2.75) is 25.0 Å². The fraction of sp³-hybridized carbons (Fsp3) is 0.136. The van der Waals surface area contributed by atoms with Crippen LogP contribution in [0.5, 0.6) is 0 Å². The summed E-state index contributed by atoms with van der Waals surface area (Å²) in [4.78, 5) is 13.1. The molecule has 0 saturated carbocycles. The highest BCUT2D eigenvalue weighted by molar-refractivity contribution is 8.00. The number of cyclic esters (lactones) is 1. The highest BCUT2D eigenvalue weighted by Crippen LogP contribution is 2.36. The van der Waals surface area contributed by atoms with Crippen LogP contribution in [0, 0.1) is 6.92 Å². The Kier molecular flexibility index (Phi) is 5.54. The van der Waals surface area contributed by atoms with Gasteiger partial charge in [0.15, 0.2) is 0 Å². The molecule has 3 aromatic carbocycles. The average Bonchev–Trinajstić information content (AvgIpc) is 3.04. The van der Waals surface area contributed by atoms with Gasteiger partial charge in [-0.15, -0.1) is 0 Å². The molecule has 28 heavy (non-hydrogen) atoms. The molecule has 0 spiro atoms. The molecule has 3 aromatic rings. The quantitative estimate of drug-likeness (QED) is 0.333. The molecule has 0 aromatic heterocycles. The van der Waals surface area contributed by atoms with Gasteiger partial charge in [-0.1, -0.05) is 47.5 Å². The maximum Gasteiger partial charge on any atom is 0.338 e. The Morgan fingerprint density at radius 2 is 1.79 bits per heavy atom.